The number of benzene rings is 1. The van der Waals surface area contributed by atoms with E-state index in [1.165, 1.54) is 6.07 Å². The van der Waals surface area contributed by atoms with E-state index in [-0.39, 0.29) is 11.5 Å². The number of nitrogens with zero attached hydrogens (tertiary/aromatic N) is 1. The van der Waals surface area contributed by atoms with E-state index >= 15 is 0 Å². The molecule has 6 heteroatoms. The van der Waals surface area contributed by atoms with Gasteiger partial charge in [-0.3, -0.25) is 9.59 Å². The van der Waals surface area contributed by atoms with E-state index in [4.69, 9.17) is 0 Å². The Morgan fingerprint density at radius 2 is 2.00 bits per heavy atom. The number of aromatic nitrogens is 2. The molecule has 0 bridgehead atoms. The molecule has 0 saturated carbocycles. The minimum Gasteiger partial charge on any atom is -0.322 e. The highest BCUT2D eigenvalue weighted by Gasteiger charge is 2.13. The van der Waals surface area contributed by atoms with Crippen LogP contribution in [0.15, 0.2) is 57.9 Å². The molecule has 1 amide bonds. The van der Waals surface area contributed by atoms with Crippen molar-refractivity contribution in [3.8, 4) is 0 Å². The first-order chi connectivity index (χ1) is 10.1. The second-order valence-electron chi connectivity index (χ2n) is 4.38. The van der Waals surface area contributed by atoms with Gasteiger partial charge in [-0.1, -0.05) is 18.2 Å². The molecule has 0 radical (unpaired) electrons. The highest BCUT2D eigenvalue weighted by atomic mass is 79.9. The highest BCUT2D eigenvalue weighted by Crippen LogP contribution is 2.20. The van der Waals surface area contributed by atoms with Crippen molar-refractivity contribution in [3.05, 3.63) is 69.1 Å². The zero-order valence-electron chi connectivity index (χ0n) is 10.8. The molecule has 0 aliphatic heterocycles. The number of para-hydroxylation sites is 1. The van der Waals surface area contributed by atoms with Crippen LogP contribution in [0.4, 0.5) is 5.82 Å². The Balaban J connectivity index is 2.06. The highest BCUT2D eigenvalue weighted by molar-refractivity contribution is 9.10. The number of fused-ring (bicyclic) bond motifs is 1. The fourth-order valence-corrected chi connectivity index (χ4v) is 2.40. The summed E-state index contributed by atoms with van der Waals surface area (Å²) in [7, 11) is 0. The number of pyridine rings is 2. The maximum absolute atomic E-state index is 12.4. The number of halogens is 1. The van der Waals surface area contributed by atoms with Crippen molar-refractivity contribution in [1.29, 1.82) is 0 Å². The van der Waals surface area contributed by atoms with Crippen molar-refractivity contribution in [2.24, 2.45) is 0 Å². The number of amides is 1. The number of anilines is 1. The quantitative estimate of drug-likeness (QED) is 0.751. The minimum atomic E-state index is -0.378. The summed E-state index contributed by atoms with van der Waals surface area (Å²) in [6.45, 7) is 0. The first-order valence-electron chi connectivity index (χ1n) is 6.19. The molecule has 5 nitrogen and oxygen atoms in total. The molecule has 3 rings (SSSR count). The smallest absolute Gasteiger partial charge is 0.257 e. The van der Waals surface area contributed by atoms with Gasteiger partial charge in [-0.05, 0) is 34.1 Å². The van der Waals surface area contributed by atoms with Gasteiger partial charge >= 0.3 is 0 Å². The molecule has 0 aliphatic rings. The van der Waals surface area contributed by atoms with Gasteiger partial charge in [-0.15, -0.1) is 0 Å². The van der Waals surface area contributed by atoms with Gasteiger partial charge in [-0.25, -0.2) is 4.98 Å². The summed E-state index contributed by atoms with van der Waals surface area (Å²) >= 11 is 3.32. The fraction of sp³-hybridized carbons (Fsp3) is 0. The number of H-pyrrole nitrogens is 1. The number of carbonyl (C=O) groups is 1. The molecule has 0 unspecified atom stereocenters. The Morgan fingerprint density at radius 1 is 1.19 bits per heavy atom. The van der Waals surface area contributed by atoms with Crippen molar-refractivity contribution in [2.75, 3.05) is 5.32 Å². The third-order valence-corrected chi connectivity index (χ3v) is 3.63. The van der Waals surface area contributed by atoms with Crippen molar-refractivity contribution >= 4 is 38.6 Å². The lowest BCUT2D eigenvalue weighted by Gasteiger charge is -2.08. The zero-order valence-corrected chi connectivity index (χ0v) is 12.3. The molecule has 0 fully saturated rings. The van der Waals surface area contributed by atoms with E-state index < -0.39 is 0 Å². The van der Waals surface area contributed by atoms with Crippen molar-refractivity contribution in [2.45, 2.75) is 0 Å². The third kappa shape index (κ3) is 2.71. The number of hydrogen-bond donors (Lipinski definition) is 2. The third-order valence-electron chi connectivity index (χ3n) is 2.99. The molecule has 104 valence electrons. The van der Waals surface area contributed by atoms with Crippen LogP contribution in [0.2, 0.25) is 0 Å². The zero-order chi connectivity index (χ0) is 14.8. The number of carbonyl (C=O) groups excluding carboxylic acids is 1. The van der Waals surface area contributed by atoms with E-state index in [0.717, 1.165) is 0 Å². The molecule has 0 aliphatic carbocycles. The van der Waals surface area contributed by atoms with E-state index in [1.54, 1.807) is 36.5 Å². The molecule has 2 aromatic heterocycles. The van der Waals surface area contributed by atoms with E-state index in [9.17, 15) is 9.59 Å². The summed E-state index contributed by atoms with van der Waals surface area (Å²) in [5, 5.41) is 3.38. The molecule has 3 aromatic rings. The number of nitrogens with one attached hydrogen (secondary N) is 2. The maximum atomic E-state index is 12.4. The van der Waals surface area contributed by atoms with E-state index in [2.05, 4.69) is 31.2 Å². The normalized spacial score (nSPS) is 10.5. The van der Waals surface area contributed by atoms with Crippen molar-refractivity contribution in [3.63, 3.8) is 0 Å². The molecule has 2 N–H and O–H groups in total. The van der Waals surface area contributed by atoms with Gasteiger partial charge in [0.1, 0.15) is 5.82 Å². The summed E-state index contributed by atoms with van der Waals surface area (Å²) in [5.74, 6) is 0.0311. The molecule has 0 atom stereocenters. The topological polar surface area (TPSA) is 74.8 Å². The minimum absolute atomic E-state index is 0.312. The average Bonchev–Trinajstić information content (AvgIpc) is 2.48. The van der Waals surface area contributed by atoms with Crippen LogP contribution < -0.4 is 10.9 Å². The van der Waals surface area contributed by atoms with Crippen LogP contribution in [0.3, 0.4) is 0 Å². The van der Waals surface area contributed by atoms with Crippen LogP contribution >= 0.6 is 15.9 Å². The van der Waals surface area contributed by atoms with E-state index in [0.29, 0.717) is 26.8 Å². The molecule has 0 spiro atoms. The summed E-state index contributed by atoms with van der Waals surface area (Å²) < 4.78 is 0.674. The fourth-order valence-electron chi connectivity index (χ4n) is 2.05. The Bertz CT molecular complexity index is 889. The Hall–Kier alpha value is -2.47. The van der Waals surface area contributed by atoms with Crippen LogP contribution in [-0.2, 0) is 0 Å². The lowest BCUT2D eigenvalue weighted by atomic mass is 10.1. The average molecular weight is 344 g/mol. The molecule has 21 heavy (non-hydrogen) atoms. The lowest BCUT2D eigenvalue weighted by Crippen LogP contribution is -2.17. The summed E-state index contributed by atoms with van der Waals surface area (Å²) in [6, 6.07) is 12.0. The number of aromatic amines is 1. The molecule has 1 aromatic carbocycles. The number of hydrogen-bond acceptors (Lipinski definition) is 3. The summed E-state index contributed by atoms with van der Waals surface area (Å²) in [5.41, 5.74) is 0.612. The second kappa shape index (κ2) is 5.49. The molecular formula is C15H10BrN3O2. The SMILES string of the molecule is O=C(Nc1ncccc1Br)c1cc(=O)[nH]c2ccccc12. The first-order valence-corrected chi connectivity index (χ1v) is 6.98. The predicted octanol–water partition coefficient (Wildman–Crippen LogP) is 2.94. The maximum Gasteiger partial charge on any atom is 0.257 e. The monoisotopic (exact) mass is 343 g/mol. The van der Waals surface area contributed by atoms with E-state index in [1.807, 2.05) is 6.07 Å². The number of rotatable bonds is 2. The molecule has 0 saturated heterocycles. The second-order valence-corrected chi connectivity index (χ2v) is 5.24. The predicted molar refractivity (Wildman–Crippen MR) is 84.5 cm³/mol. The van der Waals surface area contributed by atoms with Gasteiger partial charge in [0.15, 0.2) is 0 Å². The standard InChI is InChI=1S/C15H10BrN3O2/c16-11-5-3-7-17-14(11)19-15(21)10-8-13(20)18-12-6-2-1-4-9(10)12/h1-8H,(H,18,20)(H,17,19,21). The molecule has 2 heterocycles. The Morgan fingerprint density at radius 3 is 2.81 bits per heavy atom. The summed E-state index contributed by atoms with van der Waals surface area (Å²) in [6.07, 6.45) is 1.58. The van der Waals surface area contributed by atoms with Crippen LogP contribution in [0, 0.1) is 0 Å². The largest absolute Gasteiger partial charge is 0.322 e. The Labute approximate surface area is 128 Å². The van der Waals surface area contributed by atoms with Crippen LogP contribution in [0.25, 0.3) is 10.9 Å². The van der Waals surface area contributed by atoms with Crippen LogP contribution in [-0.4, -0.2) is 15.9 Å². The van der Waals surface area contributed by atoms with Crippen molar-refractivity contribution < 1.29 is 4.79 Å². The van der Waals surface area contributed by atoms with Gasteiger partial charge in [-0.2, -0.15) is 0 Å². The lowest BCUT2D eigenvalue weighted by molar-refractivity contribution is 0.102. The van der Waals surface area contributed by atoms with Gasteiger partial charge in [0.05, 0.1) is 10.0 Å². The summed E-state index contributed by atoms with van der Waals surface area (Å²) in [4.78, 5) is 30.9. The molecular weight excluding hydrogens is 334 g/mol. The van der Waals surface area contributed by atoms with Gasteiger partial charge < -0.3 is 10.3 Å². The van der Waals surface area contributed by atoms with Crippen LogP contribution in [0.5, 0.6) is 0 Å². The van der Waals surface area contributed by atoms with Gasteiger partial charge in [0, 0.05) is 23.2 Å². The van der Waals surface area contributed by atoms with Crippen LogP contribution in [0.1, 0.15) is 10.4 Å². The van der Waals surface area contributed by atoms with Gasteiger partial charge in [0.25, 0.3) is 5.91 Å². The Kier molecular flexibility index (Phi) is 3.53. The van der Waals surface area contributed by atoms with Gasteiger partial charge in [0.2, 0.25) is 5.56 Å². The van der Waals surface area contributed by atoms with Crippen molar-refractivity contribution in [1.82, 2.24) is 9.97 Å². The first kappa shape index (κ1) is 13.5.